The SMILES string of the molecule is CCCCCCCCCCCC(=O)OCC(O)COC1O[C@H](CO)[C@@H](O)[C@H](O)[C@H]1O. The lowest BCUT2D eigenvalue weighted by Crippen LogP contribution is -2.59. The van der Waals surface area contributed by atoms with Crippen LogP contribution in [0.25, 0.3) is 0 Å². The summed E-state index contributed by atoms with van der Waals surface area (Å²) >= 11 is 0. The van der Waals surface area contributed by atoms with Gasteiger partial charge in [0, 0.05) is 6.42 Å². The molecule has 178 valence electrons. The van der Waals surface area contributed by atoms with E-state index in [4.69, 9.17) is 19.3 Å². The van der Waals surface area contributed by atoms with Gasteiger partial charge in [-0.1, -0.05) is 58.3 Å². The first kappa shape index (κ1) is 27.2. The molecular formula is C21H40O9. The summed E-state index contributed by atoms with van der Waals surface area (Å²) in [6.45, 7) is 1.07. The average molecular weight is 437 g/mol. The van der Waals surface area contributed by atoms with Gasteiger partial charge in [0.05, 0.1) is 13.2 Å². The minimum Gasteiger partial charge on any atom is -0.463 e. The van der Waals surface area contributed by atoms with E-state index >= 15 is 0 Å². The Labute approximate surface area is 179 Å². The third-order valence-electron chi connectivity index (χ3n) is 5.22. The van der Waals surface area contributed by atoms with Crippen LogP contribution in [-0.4, -0.2) is 88.1 Å². The Morgan fingerprint density at radius 1 is 0.900 bits per heavy atom. The smallest absolute Gasteiger partial charge is 0.305 e. The molecule has 0 aromatic heterocycles. The fraction of sp³-hybridized carbons (Fsp3) is 0.952. The molecule has 1 heterocycles. The zero-order chi connectivity index (χ0) is 22.4. The molecule has 1 aliphatic rings. The number of hydrogen-bond acceptors (Lipinski definition) is 9. The quantitative estimate of drug-likeness (QED) is 0.174. The molecule has 1 saturated heterocycles. The Hall–Kier alpha value is -0.810. The van der Waals surface area contributed by atoms with Crippen molar-refractivity contribution in [1.29, 1.82) is 0 Å². The van der Waals surface area contributed by atoms with Crippen molar-refractivity contribution in [2.75, 3.05) is 19.8 Å². The van der Waals surface area contributed by atoms with Crippen LogP contribution in [-0.2, 0) is 19.0 Å². The summed E-state index contributed by atoms with van der Waals surface area (Å²) < 4.78 is 15.4. The predicted octanol–water partition coefficient (Wildman–Crippen LogP) is 0.628. The Bertz CT molecular complexity index is 446. The third-order valence-corrected chi connectivity index (χ3v) is 5.22. The third kappa shape index (κ3) is 10.5. The van der Waals surface area contributed by atoms with Crippen LogP contribution >= 0.6 is 0 Å². The predicted molar refractivity (Wildman–Crippen MR) is 109 cm³/mol. The summed E-state index contributed by atoms with van der Waals surface area (Å²) in [5.74, 6) is -0.384. The number of rotatable bonds is 16. The van der Waals surface area contributed by atoms with Gasteiger partial charge in [-0.05, 0) is 6.42 Å². The minimum atomic E-state index is -1.55. The van der Waals surface area contributed by atoms with E-state index in [0.29, 0.717) is 6.42 Å². The first-order chi connectivity index (χ1) is 14.4. The Morgan fingerprint density at radius 2 is 1.50 bits per heavy atom. The normalized spacial score (nSPS) is 27.7. The highest BCUT2D eigenvalue weighted by Gasteiger charge is 2.44. The van der Waals surface area contributed by atoms with E-state index in [-0.39, 0.29) is 19.2 Å². The monoisotopic (exact) mass is 436 g/mol. The van der Waals surface area contributed by atoms with Crippen molar-refractivity contribution in [2.45, 2.75) is 108 Å². The van der Waals surface area contributed by atoms with Crippen LogP contribution in [0.15, 0.2) is 0 Å². The molecule has 1 aliphatic heterocycles. The molecule has 1 fully saturated rings. The second-order valence-corrected chi connectivity index (χ2v) is 7.95. The largest absolute Gasteiger partial charge is 0.463 e. The van der Waals surface area contributed by atoms with Gasteiger partial charge in [-0.2, -0.15) is 0 Å². The van der Waals surface area contributed by atoms with Gasteiger partial charge in [-0.25, -0.2) is 0 Å². The van der Waals surface area contributed by atoms with Crippen LogP contribution in [0, 0.1) is 0 Å². The van der Waals surface area contributed by atoms with E-state index in [1.165, 1.54) is 38.5 Å². The fourth-order valence-corrected chi connectivity index (χ4v) is 3.30. The standard InChI is InChI=1S/C21H40O9/c1-2-3-4-5-6-7-8-9-10-11-17(24)28-13-15(23)14-29-21-20(27)19(26)18(25)16(12-22)30-21/h15-16,18-23,25-27H,2-14H2,1H3/t15?,16-,18-,19+,20-,21?/m1/s1. The van der Waals surface area contributed by atoms with E-state index in [1.807, 2.05) is 0 Å². The van der Waals surface area contributed by atoms with Crippen LogP contribution in [0.2, 0.25) is 0 Å². The van der Waals surface area contributed by atoms with Gasteiger partial charge in [-0.3, -0.25) is 4.79 Å². The van der Waals surface area contributed by atoms with Gasteiger partial charge >= 0.3 is 5.97 Å². The lowest BCUT2D eigenvalue weighted by molar-refractivity contribution is -0.305. The van der Waals surface area contributed by atoms with E-state index < -0.39 is 43.4 Å². The van der Waals surface area contributed by atoms with Gasteiger partial charge in [0.25, 0.3) is 0 Å². The molecule has 1 rings (SSSR count). The topological polar surface area (TPSA) is 146 Å². The van der Waals surface area contributed by atoms with Crippen molar-refractivity contribution in [3.63, 3.8) is 0 Å². The second-order valence-electron chi connectivity index (χ2n) is 7.95. The number of esters is 1. The molecule has 9 heteroatoms. The molecule has 0 amide bonds. The Morgan fingerprint density at radius 3 is 2.10 bits per heavy atom. The maximum atomic E-state index is 11.7. The molecule has 0 bridgehead atoms. The lowest BCUT2D eigenvalue weighted by Gasteiger charge is -2.39. The van der Waals surface area contributed by atoms with Gasteiger partial charge in [0.1, 0.15) is 37.1 Å². The highest BCUT2D eigenvalue weighted by molar-refractivity contribution is 5.69. The summed E-state index contributed by atoms with van der Waals surface area (Å²) in [6, 6.07) is 0. The van der Waals surface area contributed by atoms with Gasteiger partial charge in [0.15, 0.2) is 6.29 Å². The number of hydrogen-bond donors (Lipinski definition) is 5. The van der Waals surface area contributed by atoms with Gasteiger partial charge in [-0.15, -0.1) is 0 Å². The highest BCUT2D eigenvalue weighted by atomic mass is 16.7. The summed E-state index contributed by atoms with van der Waals surface area (Å²) in [5.41, 5.74) is 0. The van der Waals surface area contributed by atoms with Crippen molar-refractivity contribution in [1.82, 2.24) is 0 Å². The molecule has 0 aromatic rings. The Balaban J connectivity index is 2.09. The lowest BCUT2D eigenvalue weighted by atomic mass is 9.99. The Kier molecular flexibility index (Phi) is 14.4. The summed E-state index contributed by atoms with van der Waals surface area (Å²) in [4.78, 5) is 11.7. The number of aliphatic hydroxyl groups excluding tert-OH is 5. The second kappa shape index (κ2) is 15.9. The zero-order valence-electron chi connectivity index (χ0n) is 18.0. The molecule has 2 unspecified atom stereocenters. The van der Waals surface area contributed by atoms with Crippen molar-refractivity contribution < 1.29 is 44.5 Å². The van der Waals surface area contributed by atoms with Gasteiger partial charge < -0.3 is 39.7 Å². The molecule has 0 radical (unpaired) electrons. The molecule has 0 aliphatic carbocycles. The molecule has 5 N–H and O–H groups in total. The first-order valence-electron chi connectivity index (χ1n) is 11.2. The molecule has 0 saturated carbocycles. The van der Waals surface area contributed by atoms with Crippen LogP contribution in [0.3, 0.4) is 0 Å². The van der Waals surface area contributed by atoms with Crippen LogP contribution in [0.5, 0.6) is 0 Å². The van der Waals surface area contributed by atoms with E-state index in [9.17, 15) is 25.2 Å². The highest BCUT2D eigenvalue weighted by Crippen LogP contribution is 2.22. The molecule has 6 atom stereocenters. The van der Waals surface area contributed by atoms with E-state index in [0.717, 1.165) is 19.3 Å². The maximum absolute atomic E-state index is 11.7. The van der Waals surface area contributed by atoms with Crippen molar-refractivity contribution in [3.8, 4) is 0 Å². The zero-order valence-corrected chi connectivity index (χ0v) is 18.0. The summed E-state index contributed by atoms with van der Waals surface area (Å²) in [5, 5.41) is 48.3. The summed E-state index contributed by atoms with van der Waals surface area (Å²) in [6.07, 6.45) is 2.58. The van der Waals surface area contributed by atoms with Crippen LogP contribution in [0.1, 0.15) is 71.1 Å². The number of unbranched alkanes of at least 4 members (excludes halogenated alkanes) is 8. The average Bonchev–Trinajstić information content (AvgIpc) is 2.74. The summed E-state index contributed by atoms with van der Waals surface area (Å²) in [7, 11) is 0. The van der Waals surface area contributed by atoms with Crippen molar-refractivity contribution in [2.24, 2.45) is 0 Å². The number of aliphatic hydroxyl groups is 5. The minimum absolute atomic E-state index is 0.256. The molecule has 30 heavy (non-hydrogen) atoms. The first-order valence-corrected chi connectivity index (χ1v) is 11.2. The number of ether oxygens (including phenoxy) is 3. The van der Waals surface area contributed by atoms with Crippen LogP contribution in [0.4, 0.5) is 0 Å². The fourth-order valence-electron chi connectivity index (χ4n) is 3.30. The van der Waals surface area contributed by atoms with E-state index in [2.05, 4.69) is 6.92 Å². The van der Waals surface area contributed by atoms with Crippen molar-refractivity contribution >= 4 is 5.97 Å². The molecule has 9 nitrogen and oxygen atoms in total. The molecule has 0 spiro atoms. The molecule has 0 aromatic carbocycles. The van der Waals surface area contributed by atoms with Gasteiger partial charge in [0.2, 0.25) is 0 Å². The molecular weight excluding hydrogens is 396 g/mol. The number of carbonyl (C=O) groups is 1. The van der Waals surface area contributed by atoms with E-state index in [1.54, 1.807) is 0 Å². The van der Waals surface area contributed by atoms with Crippen LogP contribution < -0.4 is 0 Å². The number of carbonyl (C=O) groups excluding carboxylic acids is 1. The van der Waals surface area contributed by atoms with Crippen molar-refractivity contribution in [3.05, 3.63) is 0 Å². The maximum Gasteiger partial charge on any atom is 0.305 e.